The Balaban J connectivity index is 1.77. The van der Waals surface area contributed by atoms with Crippen LogP contribution in [0.5, 0.6) is 0 Å². The maximum Gasteiger partial charge on any atom is 0.360 e. The Kier molecular flexibility index (Phi) is 3.79. The topological polar surface area (TPSA) is 66.9 Å². The number of imidazole rings is 1. The fourth-order valence-electron chi connectivity index (χ4n) is 4.69. The van der Waals surface area contributed by atoms with E-state index in [4.69, 9.17) is 12.2 Å². The monoisotopic (exact) mass is 381 g/mol. The van der Waals surface area contributed by atoms with Crippen molar-refractivity contribution in [1.29, 1.82) is 0 Å². The Morgan fingerprint density at radius 3 is 2.72 bits per heavy atom. The van der Waals surface area contributed by atoms with Gasteiger partial charge in [-0.15, -0.1) is 0 Å². The average Bonchev–Trinajstić information content (AvgIpc) is 2.98. The zero-order valence-corrected chi connectivity index (χ0v) is 16.3. The normalized spacial score (nSPS) is 27.8. The van der Waals surface area contributed by atoms with Gasteiger partial charge in [-0.2, -0.15) is 12.3 Å². The van der Waals surface area contributed by atoms with Crippen LogP contribution >= 0.6 is 12.2 Å². The van der Waals surface area contributed by atoms with E-state index in [-0.39, 0.29) is 3.89 Å². The molecular weight excluding hydrogens is 356 g/mol. The van der Waals surface area contributed by atoms with E-state index in [0.717, 1.165) is 43.0 Å². The number of H-pyrrole nitrogens is 1. The molecule has 6 nitrogen and oxygen atoms in total. The van der Waals surface area contributed by atoms with Gasteiger partial charge in [-0.05, 0) is 37.2 Å². The zero-order chi connectivity index (χ0) is 17.9. The molecule has 0 aromatic carbocycles. The second-order valence-corrected chi connectivity index (χ2v) is 9.86. The van der Waals surface area contributed by atoms with E-state index in [1.807, 2.05) is 22.8 Å². The molecule has 1 aromatic heterocycles. The third-order valence-electron chi connectivity index (χ3n) is 5.74. The minimum absolute atomic E-state index is 0.189. The van der Waals surface area contributed by atoms with Crippen molar-refractivity contribution in [2.45, 2.75) is 44.4 Å². The van der Waals surface area contributed by atoms with Crippen LogP contribution in [-0.4, -0.2) is 46.4 Å². The number of nitrogens with zero attached hydrogens (tertiary/aromatic N) is 2. The number of hydrogen-bond acceptors (Lipinski definition) is 4. The molecule has 1 fully saturated rings. The summed E-state index contributed by atoms with van der Waals surface area (Å²) in [6.45, 7) is 6.33. The molecule has 0 radical (unpaired) electrons. The molecule has 25 heavy (non-hydrogen) atoms. The standard InChI is InChI=1S/C17H24N4O2S2/c1-3-10-21(11-4-2)17(25(21,22)23)8-5-6-13(12-17)20-15-14(7-9-18-15)19-16(20)24/h5-6,8,18H,3-4,7,9-12H2,1-2H3/p+1. The minimum atomic E-state index is -3.23. The number of quaternary nitrogens is 1. The number of fused-ring (bicyclic) bond motifs is 1. The molecule has 1 unspecified atom stereocenters. The van der Waals surface area contributed by atoms with Crippen LogP contribution in [0.4, 0.5) is 5.82 Å². The highest BCUT2D eigenvalue weighted by Gasteiger charge is 2.84. The van der Waals surface area contributed by atoms with E-state index in [9.17, 15) is 8.42 Å². The third kappa shape index (κ3) is 1.98. The maximum absolute atomic E-state index is 13.2. The lowest BCUT2D eigenvalue weighted by molar-refractivity contribution is -0.769. The van der Waals surface area contributed by atoms with Crippen LogP contribution in [0.2, 0.25) is 0 Å². The van der Waals surface area contributed by atoms with Gasteiger partial charge < -0.3 is 10.3 Å². The molecule has 8 heteroatoms. The van der Waals surface area contributed by atoms with Crippen LogP contribution in [0.1, 0.15) is 38.8 Å². The van der Waals surface area contributed by atoms with Crippen molar-refractivity contribution in [2.24, 2.45) is 0 Å². The molecule has 136 valence electrons. The summed E-state index contributed by atoms with van der Waals surface area (Å²) in [7, 11) is -3.23. The Hall–Kier alpha value is -1.38. The molecule has 0 amide bonds. The van der Waals surface area contributed by atoms with Gasteiger partial charge in [-0.1, -0.05) is 19.9 Å². The number of anilines is 1. The predicted molar refractivity (Wildman–Crippen MR) is 102 cm³/mol. The van der Waals surface area contributed by atoms with E-state index in [1.165, 1.54) is 0 Å². The number of rotatable bonds is 5. The van der Waals surface area contributed by atoms with Crippen molar-refractivity contribution < 1.29 is 12.3 Å². The summed E-state index contributed by atoms with van der Waals surface area (Å²) in [6, 6.07) is 0. The fraction of sp³-hybridized carbons (Fsp3) is 0.588. The highest BCUT2D eigenvalue weighted by Crippen LogP contribution is 2.59. The van der Waals surface area contributed by atoms with Gasteiger partial charge in [0.25, 0.3) is 4.87 Å². The van der Waals surface area contributed by atoms with Gasteiger partial charge in [-0.3, -0.25) is 4.57 Å². The smallest absolute Gasteiger partial charge is 0.360 e. The van der Waals surface area contributed by atoms with Gasteiger partial charge in [0.2, 0.25) is 0 Å². The molecule has 1 atom stereocenters. The van der Waals surface area contributed by atoms with Crippen LogP contribution in [0.3, 0.4) is 0 Å². The summed E-state index contributed by atoms with van der Waals surface area (Å²) in [6.07, 6.45) is 8.91. The lowest BCUT2D eigenvalue weighted by atomic mass is 10.0. The molecule has 1 aromatic rings. The van der Waals surface area contributed by atoms with E-state index in [0.29, 0.717) is 24.3 Å². The van der Waals surface area contributed by atoms with Gasteiger partial charge >= 0.3 is 10.0 Å². The second-order valence-electron chi connectivity index (χ2n) is 7.12. The van der Waals surface area contributed by atoms with Crippen molar-refractivity contribution >= 4 is 33.8 Å². The summed E-state index contributed by atoms with van der Waals surface area (Å²) in [5.41, 5.74) is 2.06. The summed E-state index contributed by atoms with van der Waals surface area (Å²) >= 11 is 5.50. The van der Waals surface area contributed by atoms with Gasteiger partial charge in [0.15, 0.2) is 4.77 Å². The SMILES string of the molecule is CCC[N+]1(CCC)C2(C=CC=C(n3c4c([nH]c3=S)CCN4)C2)S1(=O)=O. The minimum Gasteiger partial charge on any atom is -0.369 e. The van der Waals surface area contributed by atoms with E-state index in [2.05, 4.69) is 24.1 Å². The van der Waals surface area contributed by atoms with Crippen molar-refractivity contribution in [3.63, 3.8) is 0 Å². The van der Waals surface area contributed by atoms with Crippen LogP contribution in [0.25, 0.3) is 5.70 Å². The molecule has 1 spiro atoms. The molecular formula is C17H25N4O2S2+. The third-order valence-corrected chi connectivity index (χ3v) is 8.98. The quantitative estimate of drug-likeness (QED) is 0.467. The number of nitrogens with one attached hydrogen (secondary N) is 2. The zero-order valence-electron chi connectivity index (χ0n) is 14.7. The predicted octanol–water partition coefficient (Wildman–Crippen LogP) is 2.99. The first-order valence-electron chi connectivity index (χ1n) is 9.02. The Labute approximate surface area is 153 Å². The average molecular weight is 382 g/mol. The molecule has 2 N–H and O–H groups in total. The highest BCUT2D eigenvalue weighted by molar-refractivity contribution is 7.92. The van der Waals surface area contributed by atoms with E-state index in [1.54, 1.807) is 0 Å². The molecule has 4 rings (SSSR count). The number of hydrogen-bond donors (Lipinski definition) is 2. The number of sulfonamides is 1. The summed E-state index contributed by atoms with van der Waals surface area (Å²) in [5, 5.41) is 3.37. The first-order chi connectivity index (χ1) is 11.9. The molecule has 1 aliphatic carbocycles. The van der Waals surface area contributed by atoms with E-state index < -0.39 is 14.9 Å². The number of aromatic nitrogens is 2. The Bertz CT molecular complexity index is 932. The summed E-state index contributed by atoms with van der Waals surface area (Å²) in [4.78, 5) is 2.44. The van der Waals surface area contributed by atoms with Gasteiger partial charge in [0, 0.05) is 18.7 Å². The molecule has 0 saturated carbocycles. The van der Waals surface area contributed by atoms with E-state index >= 15 is 0 Å². The second kappa shape index (κ2) is 5.56. The molecule has 3 aliphatic rings. The van der Waals surface area contributed by atoms with Crippen molar-refractivity contribution in [3.05, 3.63) is 28.7 Å². The first-order valence-corrected chi connectivity index (χ1v) is 10.9. The number of aromatic amines is 1. The lowest BCUT2D eigenvalue weighted by Gasteiger charge is -2.22. The molecule has 2 aliphatic heterocycles. The first kappa shape index (κ1) is 17.1. The maximum atomic E-state index is 13.2. The van der Waals surface area contributed by atoms with Crippen LogP contribution in [0, 0.1) is 4.77 Å². The van der Waals surface area contributed by atoms with Crippen molar-refractivity contribution in [2.75, 3.05) is 25.0 Å². The Morgan fingerprint density at radius 2 is 2.04 bits per heavy atom. The molecule has 1 saturated heterocycles. The van der Waals surface area contributed by atoms with Crippen LogP contribution < -0.4 is 5.32 Å². The largest absolute Gasteiger partial charge is 0.369 e. The van der Waals surface area contributed by atoms with Gasteiger partial charge in [-0.25, -0.2) is 0 Å². The number of allylic oxidation sites excluding steroid dienone is 2. The Morgan fingerprint density at radius 1 is 1.32 bits per heavy atom. The highest BCUT2D eigenvalue weighted by atomic mass is 32.2. The van der Waals surface area contributed by atoms with Crippen molar-refractivity contribution in [1.82, 2.24) is 9.55 Å². The summed E-state index contributed by atoms with van der Waals surface area (Å²) < 4.78 is 29.1. The summed E-state index contributed by atoms with van der Waals surface area (Å²) in [5.74, 6) is 0.990. The molecule has 0 bridgehead atoms. The van der Waals surface area contributed by atoms with Gasteiger partial charge in [0.1, 0.15) is 5.82 Å². The van der Waals surface area contributed by atoms with Crippen molar-refractivity contribution in [3.8, 4) is 0 Å². The molecule has 3 heterocycles. The van der Waals surface area contributed by atoms with Gasteiger partial charge in [0.05, 0.1) is 25.2 Å². The lowest BCUT2D eigenvalue weighted by Crippen LogP contribution is -2.38. The van der Waals surface area contributed by atoms with Crippen LogP contribution in [-0.2, 0) is 16.4 Å². The fourth-order valence-corrected chi connectivity index (χ4v) is 7.97. The van der Waals surface area contributed by atoms with Crippen LogP contribution in [0.15, 0.2) is 18.2 Å².